The summed E-state index contributed by atoms with van der Waals surface area (Å²) in [4.78, 5) is 34.7. The first-order chi connectivity index (χ1) is 23.0. The molecule has 48 heavy (non-hydrogen) atoms. The number of halogens is 3. The van der Waals surface area contributed by atoms with Crippen LogP contribution in [0.5, 0.6) is 5.75 Å². The van der Waals surface area contributed by atoms with Crippen LogP contribution in [0.1, 0.15) is 28.2 Å². The van der Waals surface area contributed by atoms with E-state index in [0.29, 0.717) is 12.8 Å². The predicted molar refractivity (Wildman–Crippen MR) is 170 cm³/mol. The van der Waals surface area contributed by atoms with Gasteiger partial charge in [0.05, 0.1) is 13.2 Å². The molecule has 12 heteroatoms. The number of alkyl carbamates (subject to hydrolysis) is 1. The summed E-state index contributed by atoms with van der Waals surface area (Å²) >= 11 is 0. The molecule has 5 rings (SSSR count). The summed E-state index contributed by atoms with van der Waals surface area (Å²) in [6.07, 6.45) is -4.66. The number of amides is 2. The minimum Gasteiger partial charge on any atom is -0.542 e. The predicted octanol–water partition coefficient (Wildman–Crippen LogP) is 3.41. The lowest BCUT2D eigenvalue weighted by Gasteiger charge is -2.21. The standard InChI is InChI=1S/C34H35N3O4.C2HF3O2/c1-40-26-17-15-24(16-18-26)19-25(37-33(38)32(35)20-23-9-3-2-4-10-23)21-36-34(39)41-22-31-29-13-7-5-11-27(29)28-12-6-8-14-30(28)31;3-2(4,5)1(6)7/h2-18,25,31-32H,19-22,35H2,1H3,(H,36,39)(H,37,38);(H,6,7)/t25-,32+;/m1./s1. The second kappa shape index (κ2) is 16.5. The Labute approximate surface area is 275 Å². The van der Waals surface area contributed by atoms with Crippen LogP contribution in [-0.4, -0.2) is 56.5 Å². The van der Waals surface area contributed by atoms with E-state index in [4.69, 9.17) is 19.4 Å². The summed E-state index contributed by atoms with van der Waals surface area (Å²) in [5.74, 6) is -2.44. The molecular formula is C36H36F3N3O6. The number of ether oxygens (including phenoxy) is 2. The van der Waals surface area contributed by atoms with Crippen LogP contribution in [0.15, 0.2) is 103 Å². The topological polar surface area (TPSA) is 144 Å². The van der Waals surface area contributed by atoms with Gasteiger partial charge in [0.1, 0.15) is 18.3 Å². The number of fused-ring (bicyclic) bond motifs is 3. The Morgan fingerprint density at radius 3 is 1.88 bits per heavy atom. The highest BCUT2D eigenvalue weighted by atomic mass is 19.4. The Morgan fingerprint density at radius 1 is 0.812 bits per heavy atom. The molecular weight excluding hydrogens is 627 g/mol. The van der Waals surface area contributed by atoms with E-state index in [2.05, 4.69) is 40.6 Å². The number of hydrogen-bond acceptors (Lipinski definition) is 6. The van der Waals surface area contributed by atoms with E-state index >= 15 is 0 Å². The van der Waals surface area contributed by atoms with Crippen molar-refractivity contribution < 1.29 is 47.9 Å². The second-order valence-corrected chi connectivity index (χ2v) is 11.1. The summed E-state index contributed by atoms with van der Waals surface area (Å²) in [6, 6.07) is 33.1. The first kappa shape index (κ1) is 35.5. The Hall–Kier alpha value is -5.36. The maximum atomic E-state index is 13.1. The van der Waals surface area contributed by atoms with E-state index in [1.54, 1.807) is 7.11 Å². The third-order valence-corrected chi connectivity index (χ3v) is 7.75. The molecule has 0 spiro atoms. The molecule has 0 radical (unpaired) electrons. The van der Waals surface area contributed by atoms with Crippen LogP contribution in [0.3, 0.4) is 0 Å². The van der Waals surface area contributed by atoms with Crippen molar-refractivity contribution in [2.75, 3.05) is 20.3 Å². The monoisotopic (exact) mass is 663 g/mol. The van der Waals surface area contributed by atoms with Gasteiger partial charge in [0, 0.05) is 18.9 Å². The van der Waals surface area contributed by atoms with E-state index in [9.17, 15) is 22.8 Å². The molecule has 252 valence electrons. The zero-order valence-electron chi connectivity index (χ0n) is 26.2. The fourth-order valence-electron chi connectivity index (χ4n) is 5.39. The zero-order chi connectivity index (χ0) is 34.7. The van der Waals surface area contributed by atoms with Crippen LogP contribution in [0.4, 0.5) is 18.0 Å². The van der Waals surface area contributed by atoms with Gasteiger partial charge in [-0.15, -0.1) is 0 Å². The van der Waals surface area contributed by atoms with Gasteiger partial charge in [0.25, 0.3) is 5.91 Å². The maximum Gasteiger partial charge on any atom is 0.430 e. The third-order valence-electron chi connectivity index (χ3n) is 7.75. The van der Waals surface area contributed by atoms with Crippen LogP contribution in [-0.2, 0) is 27.2 Å². The number of carboxylic acid groups (broad SMARTS) is 1. The van der Waals surface area contributed by atoms with Gasteiger partial charge in [-0.2, -0.15) is 13.2 Å². The molecule has 1 aliphatic rings. The van der Waals surface area contributed by atoms with Gasteiger partial charge in [-0.1, -0.05) is 91.0 Å². The fourth-order valence-corrected chi connectivity index (χ4v) is 5.39. The number of alkyl halides is 3. The van der Waals surface area contributed by atoms with E-state index in [1.165, 1.54) is 11.1 Å². The zero-order valence-corrected chi connectivity index (χ0v) is 26.2. The molecule has 0 fully saturated rings. The lowest BCUT2D eigenvalue weighted by molar-refractivity contribution is -0.403. The van der Waals surface area contributed by atoms with Crippen molar-refractivity contribution in [2.24, 2.45) is 0 Å². The number of hydrogen-bond donors (Lipinski definition) is 3. The lowest BCUT2D eigenvalue weighted by atomic mass is 9.98. The molecule has 0 saturated carbocycles. The van der Waals surface area contributed by atoms with Crippen molar-refractivity contribution in [3.8, 4) is 16.9 Å². The van der Waals surface area contributed by atoms with Crippen LogP contribution in [0.25, 0.3) is 11.1 Å². The first-order valence-corrected chi connectivity index (χ1v) is 15.1. The van der Waals surface area contributed by atoms with Gasteiger partial charge >= 0.3 is 12.3 Å². The Morgan fingerprint density at radius 2 is 1.33 bits per heavy atom. The quantitative estimate of drug-likeness (QED) is 0.225. The number of rotatable bonds is 11. The van der Waals surface area contributed by atoms with Gasteiger partial charge in [-0.05, 0) is 51.9 Å². The molecule has 1 aliphatic carbocycles. The van der Waals surface area contributed by atoms with Crippen LogP contribution in [0, 0.1) is 0 Å². The SMILES string of the molecule is COc1ccc(C[C@H](CNC(=O)OCC2c3ccccc3-c3ccccc32)NC(=O)[C@@H]([NH3+])Cc2ccccc2)cc1.O=C([O-])C(F)(F)F. The largest absolute Gasteiger partial charge is 0.542 e. The number of nitrogens with one attached hydrogen (secondary N) is 2. The summed E-state index contributed by atoms with van der Waals surface area (Å²) < 4.78 is 42.5. The van der Waals surface area contributed by atoms with Crippen molar-refractivity contribution in [2.45, 2.75) is 37.0 Å². The summed E-state index contributed by atoms with van der Waals surface area (Å²) in [5.41, 5.74) is 10.8. The highest BCUT2D eigenvalue weighted by Crippen LogP contribution is 2.44. The average molecular weight is 664 g/mol. The Bertz CT molecular complexity index is 1640. The van der Waals surface area contributed by atoms with Crippen molar-refractivity contribution in [3.05, 3.63) is 125 Å². The second-order valence-electron chi connectivity index (χ2n) is 11.1. The Balaban J connectivity index is 0.000000671. The molecule has 0 aromatic heterocycles. The number of quaternary nitrogens is 1. The van der Waals surface area contributed by atoms with Crippen molar-refractivity contribution in [3.63, 3.8) is 0 Å². The minimum absolute atomic E-state index is 0.0205. The molecule has 0 heterocycles. The van der Waals surface area contributed by atoms with E-state index in [0.717, 1.165) is 28.0 Å². The molecule has 5 N–H and O–H groups in total. The highest BCUT2D eigenvalue weighted by molar-refractivity contribution is 5.81. The van der Waals surface area contributed by atoms with Crippen LogP contribution in [0.2, 0.25) is 0 Å². The van der Waals surface area contributed by atoms with Crippen molar-refractivity contribution in [1.82, 2.24) is 10.6 Å². The fraction of sp³-hybridized carbons (Fsp3) is 0.250. The van der Waals surface area contributed by atoms with Gasteiger partial charge in [-0.3, -0.25) is 4.79 Å². The van der Waals surface area contributed by atoms with E-state index < -0.39 is 24.3 Å². The number of benzene rings is 4. The van der Waals surface area contributed by atoms with Crippen molar-refractivity contribution >= 4 is 18.0 Å². The van der Waals surface area contributed by atoms with Gasteiger partial charge in [0.2, 0.25) is 0 Å². The number of carbonyl (C=O) groups excluding carboxylic acids is 3. The summed E-state index contributed by atoms with van der Waals surface area (Å²) in [5, 5.41) is 14.7. The van der Waals surface area contributed by atoms with Crippen molar-refractivity contribution in [1.29, 1.82) is 0 Å². The highest BCUT2D eigenvalue weighted by Gasteiger charge is 2.30. The average Bonchev–Trinajstić information content (AvgIpc) is 3.40. The number of aliphatic carboxylic acids is 1. The first-order valence-electron chi connectivity index (χ1n) is 15.1. The van der Waals surface area contributed by atoms with Gasteiger partial charge in [-0.25, -0.2) is 4.79 Å². The molecule has 2 amide bonds. The molecule has 9 nitrogen and oxygen atoms in total. The van der Waals surface area contributed by atoms with Crippen LogP contribution >= 0.6 is 0 Å². The van der Waals surface area contributed by atoms with Crippen LogP contribution < -0.4 is 26.2 Å². The molecule has 4 aromatic rings. The molecule has 0 aliphatic heterocycles. The van der Waals surface area contributed by atoms with Gasteiger partial charge in [0.15, 0.2) is 6.04 Å². The number of carboxylic acids is 1. The third kappa shape index (κ3) is 9.82. The normalized spacial score (nSPS) is 13.1. The maximum absolute atomic E-state index is 13.1. The Kier molecular flexibility index (Phi) is 12.2. The lowest BCUT2D eigenvalue weighted by Crippen LogP contribution is -2.69. The minimum atomic E-state index is -5.19. The smallest absolute Gasteiger partial charge is 0.430 e. The summed E-state index contributed by atoms with van der Waals surface area (Å²) in [6.45, 7) is 0.444. The number of methoxy groups -OCH3 is 1. The van der Waals surface area contributed by atoms with Gasteiger partial charge < -0.3 is 35.7 Å². The molecule has 0 unspecified atom stereocenters. The number of carbonyl (C=O) groups is 3. The molecule has 2 atom stereocenters. The van der Waals surface area contributed by atoms with E-state index in [-0.39, 0.29) is 31.0 Å². The molecule has 4 aromatic carbocycles. The molecule has 0 saturated heterocycles. The van der Waals surface area contributed by atoms with E-state index in [1.807, 2.05) is 78.9 Å². The summed E-state index contributed by atoms with van der Waals surface area (Å²) in [7, 11) is 1.62. The molecule has 0 bridgehead atoms.